The van der Waals surface area contributed by atoms with E-state index >= 15 is 0 Å². The maximum absolute atomic E-state index is 12.7. The van der Waals surface area contributed by atoms with Crippen molar-refractivity contribution in [1.29, 1.82) is 0 Å². The number of nitrogens with zero attached hydrogens (tertiary/aromatic N) is 1. The van der Waals surface area contributed by atoms with Crippen LogP contribution in [0.1, 0.15) is 64.2 Å². The van der Waals surface area contributed by atoms with Gasteiger partial charge in [0.15, 0.2) is 0 Å². The van der Waals surface area contributed by atoms with E-state index in [1.54, 1.807) is 0 Å². The molecule has 0 aromatic rings. The molecule has 3 saturated heterocycles. The van der Waals surface area contributed by atoms with Gasteiger partial charge >= 0.3 is 0 Å². The first-order chi connectivity index (χ1) is 10.8. The van der Waals surface area contributed by atoms with E-state index in [-0.39, 0.29) is 0 Å². The molecule has 3 atom stereocenters. The third kappa shape index (κ3) is 3.48. The van der Waals surface area contributed by atoms with Crippen molar-refractivity contribution in [3.05, 3.63) is 0 Å². The minimum absolute atomic E-state index is 0.478. The summed E-state index contributed by atoms with van der Waals surface area (Å²) in [5.74, 6) is 4.51. The summed E-state index contributed by atoms with van der Waals surface area (Å²) in [4.78, 5) is 15.1. The van der Waals surface area contributed by atoms with Gasteiger partial charge in [-0.3, -0.25) is 4.79 Å². The van der Waals surface area contributed by atoms with E-state index in [1.165, 1.54) is 57.1 Å². The Balaban J connectivity index is 1.25. The SMILES string of the molecule is O=C(CCCCC1CCSS1)N1CC2CC3CC(C2)CC1C3. The molecule has 5 aliphatic rings. The van der Waals surface area contributed by atoms with Crippen molar-refractivity contribution in [2.45, 2.75) is 75.5 Å². The van der Waals surface area contributed by atoms with Gasteiger partial charge in [0.25, 0.3) is 0 Å². The van der Waals surface area contributed by atoms with Gasteiger partial charge in [-0.15, -0.1) is 0 Å². The van der Waals surface area contributed by atoms with Crippen LogP contribution in [0.3, 0.4) is 0 Å². The van der Waals surface area contributed by atoms with Crippen molar-refractivity contribution in [3.63, 3.8) is 0 Å². The predicted molar refractivity (Wildman–Crippen MR) is 96.0 cm³/mol. The van der Waals surface area contributed by atoms with Gasteiger partial charge in [0.1, 0.15) is 0 Å². The molecule has 0 radical (unpaired) electrons. The Kier molecular flexibility index (Phi) is 4.96. The summed E-state index contributed by atoms with van der Waals surface area (Å²) in [5, 5.41) is 0.865. The van der Waals surface area contributed by atoms with Gasteiger partial charge in [-0.1, -0.05) is 28.0 Å². The number of unbranched alkanes of at least 4 members (excludes halogenated alkanes) is 1. The van der Waals surface area contributed by atoms with Crippen LogP contribution in [0, 0.1) is 17.8 Å². The lowest BCUT2D eigenvalue weighted by Gasteiger charge is -2.39. The molecule has 0 aromatic heterocycles. The minimum atomic E-state index is 0.478. The van der Waals surface area contributed by atoms with Gasteiger partial charge in [0.2, 0.25) is 5.91 Å². The predicted octanol–water partition coefficient (Wildman–Crippen LogP) is 4.74. The normalized spacial score (nSPS) is 40.2. The second-order valence-corrected chi connectivity index (χ2v) is 10.8. The zero-order valence-electron chi connectivity index (χ0n) is 13.5. The number of rotatable bonds is 5. The van der Waals surface area contributed by atoms with Crippen LogP contribution < -0.4 is 0 Å². The number of carbonyl (C=O) groups excluding carboxylic acids is 1. The second kappa shape index (κ2) is 6.96. The Hall–Kier alpha value is 0.170. The fraction of sp³-hybridized carbons (Fsp3) is 0.944. The standard InChI is InChI=1S/C18H29NOS2/c20-18(4-2-1-3-17-5-6-21-22-17)19-12-15-8-13-7-14(9-15)11-16(19)10-13/h13-17H,1-12H2. The molecule has 0 N–H and O–H groups in total. The summed E-state index contributed by atoms with van der Waals surface area (Å²) in [7, 11) is 4.10. The Labute approximate surface area is 142 Å². The minimum Gasteiger partial charge on any atom is -0.339 e. The fourth-order valence-electron chi connectivity index (χ4n) is 5.45. The summed E-state index contributed by atoms with van der Waals surface area (Å²) in [6.07, 6.45) is 12.8. The molecular weight excluding hydrogens is 310 g/mol. The molecule has 0 aromatic carbocycles. The maximum atomic E-state index is 12.7. The van der Waals surface area contributed by atoms with E-state index in [1.807, 2.05) is 10.8 Å². The summed E-state index contributed by atoms with van der Waals surface area (Å²) in [6, 6.07) is 0.602. The molecule has 4 heteroatoms. The lowest BCUT2D eigenvalue weighted by Crippen LogP contribution is -2.42. The average molecular weight is 340 g/mol. The van der Waals surface area contributed by atoms with Crippen LogP contribution in [-0.4, -0.2) is 34.4 Å². The molecule has 5 rings (SSSR count). The molecule has 2 saturated carbocycles. The maximum Gasteiger partial charge on any atom is 0.222 e. The Morgan fingerprint density at radius 2 is 1.77 bits per heavy atom. The highest BCUT2D eigenvalue weighted by molar-refractivity contribution is 8.77. The lowest BCUT2D eigenvalue weighted by molar-refractivity contribution is -0.134. The van der Waals surface area contributed by atoms with E-state index in [0.717, 1.165) is 42.4 Å². The number of hydrogen-bond donors (Lipinski definition) is 0. The van der Waals surface area contributed by atoms with E-state index < -0.39 is 0 Å². The van der Waals surface area contributed by atoms with E-state index in [0.29, 0.717) is 11.9 Å². The molecule has 0 spiro atoms. The van der Waals surface area contributed by atoms with Crippen LogP contribution >= 0.6 is 21.6 Å². The molecule has 2 nitrogen and oxygen atoms in total. The van der Waals surface area contributed by atoms with Crippen molar-refractivity contribution in [3.8, 4) is 0 Å². The average Bonchev–Trinajstić information content (AvgIpc) is 2.93. The largest absolute Gasteiger partial charge is 0.339 e. The zero-order valence-corrected chi connectivity index (χ0v) is 15.2. The highest BCUT2D eigenvalue weighted by Gasteiger charge is 2.43. The molecular formula is C18H29NOS2. The van der Waals surface area contributed by atoms with E-state index in [9.17, 15) is 4.79 Å². The van der Waals surface area contributed by atoms with Gasteiger partial charge in [-0.05, 0) is 69.1 Å². The van der Waals surface area contributed by atoms with Gasteiger partial charge in [-0.25, -0.2) is 0 Å². The second-order valence-electron chi connectivity index (χ2n) is 8.05. The Morgan fingerprint density at radius 3 is 2.50 bits per heavy atom. The van der Waals surface area contributed by atoms with Crippen LogP contribution in [-0.2, 0) is 4.79 Å². The van der Waals surface area contributed by atoms with Crippen LogP contribution in [0.25, 0.3) is 0 Å². The molecule has 1 amide bonds. The van der Waals surface area contributed by atoms with Crippen molar-refractivity contribution in [2.24, 2.45) is 17.8 Å². The molecule has 5 fully saturated rings. The van der Waals surface area contributed by atoms with E-state index in [4.69, 9.17) is 0 Å². The van der Waals surface area contributed by atoms with Crippen molar-refractivity contribution < 1.29 is 4.79 Å². The number of fused-ring (bicyclic) bond motifs is 1. The molecule has 3 aliphatic heterocycles. The molecule has 2 aliphatic carbocycles. The van der Waals surface area contributed by atoms with Crippen LogP contribution in [0.4, 0.5) is 0 Å². The Morgan fingerprint density at radius 1 is 1.00 bits per heavy atom. The third-order valence-electron chi connectivity index (χ3n) is 6.32. The fourth-order valence-corrected chi connectivity index (χ4v) is 8.47. The first-order valence-electron chi connectivity index (χ1n) is 9.35. The zero-order chi connectivity index (χ0) is 14.9. The van der Waals surface area contributed by atoms with Crippen LogP contribution in [0.2, 0.25) is 0 Å². The molecule has 22 heavy (non-hydrogen) atoms. The van der Waals surface area contributed by atoms with Crippen molar-refractivity contribution in [1.82, 2.24) is 4.90 Å². The number of carbonyl (C=O) groups is 1. The highest BCUT2D eigenvalue weighted by atomic mass is 33.1. The Bertz CT molecular complexity index is 396. The smallest absolute Gasteiger partial charge is 0.222 e. The first-order valence-corrected chi connectivity index (χ1v) is 11.7. The van der Waals surface area contributed by atoms with Crippen LogP contribution in [0.5, 0.6) is 0 Å². The third-order valence-corrected chi connectivity index (χ3v) is 9.33. The summed E-state index contributed by atoms with van der Waals surface area (Å²) < 4.78 is 0. The van der Waals surface area contributed by atoms with Crippen molar-refractivity contribution >= 4 is 27.5 Å². The quantitative estimate of drug-likeness (QED) is 0.533. The van der Waals surface area contributed by atoms with Gasteiger partial charge in [-0.2, -0.15) is 0 Å². The molecule has 4 bridgehead atoms. The van der Waals surface area contributed by atoms with Crippen LogP contribution in [0.15, 0.2) is 0 Å². The summed E-state index contributed by atoms with van der Waals surface area (Å²) in [5.41, 5.74) is 0. The lowest BCUT2D eigenvalue weighted by atomic mass is 9.68. The van der Waals surface area contributed by atoms with Gasteiger partial charge in [0, 0.05) is 30.0 Å². The van der Waals surface area contributed by atoms with Gasteiger partial charge < -0.3 is 4.90 Å². The first kappa shape index (κ1) is 15.7. The van der Waals surface area contributed by atoms with Gasteiger partial charge in [0.05, 0.1) is 0 Å². The summed E-state index contributed by atoms with van der Waals surface area (Å²) >= 11 is 0. The number of amides is 1. The molecule has 3 unspecified atom stereocenters. The molecule has 3 heterocycles. The summed E-state index contributed by atoms with van der Waals surface area (Å²) in [6.45, 7) is 1.09. The number of hydrogen-bond acceptors (Lipinski definition) is 3. The topological polar surface area (TPSA) is 20.3 Å². The highest BCUT2D eigenvalue weighted by Crippen LogP contribution is 2.47. The monoisotopic (exact) mass is 339 g/mol. The van der Waals surface area contributed by atoms with E-state index in [2.05, 4.69) is 15.7 Å². The van der Waals surface area contributed by atoms with Crippen molar-refractivity contribution in [2.75, 3.05) is 12.3 Å². The molecule has 124 valence electrons.